The monoisotopic (exact) mass is 402 g/mol. The van der Waals surface area contributed by atoms with Crippen molar-refractivity contribution in [1.29, 1.82) is 0 Å². The first kappa shape index (κ1) is 19.8. The smallest absolute Gasteiger partial charge is 0.123 e. The summed E-state index contributed by atoms with van der Waals surface area (Å²) in [5.41, 5.74) is 11.4. The molecule has 0 atom stereocenters. The largest absolute Gasteiger partial charge is 0.326 e. The summed E-state index contributed by atoms with van der Waals surface area (Å²) in [6.07, 6.45) is 0.791. The van der Waals surface area contributed by atoms with Crippen LogP contribution in [0.2, 0.25) is 10.0 Å². The topological polar surface area (TPSA) is 38.9 Å². The zero-order valence-corrected chi connectivity index (χ0v) is 16.8. The summed E-state index contributed by atoms with van der Waals surface area (Å²) in [5.74, 6) is 0.139. The van der Waals surface area contributed by atoms with Crippen LogP contribution in [0.4, 0.5) is 4.39 Å². The molecule has 0 bridgehead atoms. The van der Waals surface area contributed by atoms with Crippen molar-refractivity contribution in [3.05, 3.63) is 75.7 Å². The third-order valence-corrected chi connectivity index (χ3v) is 4.92. The van der Waals surface area contributed by atoms with Gasteiger partial charge in [0.25, 0.3) is 0 Å². The van der Waals surface area contributed by atoms with Gasteiger partial charge in [0.2, 0.25) is 0 Å². The van der Waals surface area contributed by atoms with Crippen molar-refractivity contribution in [2.75, 3.05) is 0 Å². The van der Waals surface area contributed by atoms with Crippen LogP contribution in [0.1, 0.15) is 25.1 Å². The van der Waals surface area contributed by atoms with Crippen molar-refractivity contribution >= 4 is 23.2 Å². The molecule has 1 aromatic heterocycles. The highest BCUT2D eigenvalue weighted by Crippen LogP contribution is 2.36. The average Bonchev–Trinajstić information content (AvgIpc) is 2.61. The molecule has 0 amide bonds. The van der Waals surface area contributed by atoms with E-state index in [1.54, 1.807) is 18.2 Å². The zero-order chi connectivity index (χ0) is 19.6. The maximum absolute atomic E-state index is 13.3. The van der Waals surface area contributed by atoms with Crippen molar-refractivity contribution in [3.8, 4) is 22.4 Å². The molecule has 2 nitrogen and oxygen atoms in total. The molecule has 2 N–H and O–H groups in total. The Bertz CT molecular complexity index is 953. The van der Waals surface area contributed by atoms with Gasteiger partial charge in [-0.3, -0.25) is 4.98 Å². The second kappa shape index (κ2) is 8.39. The zero-order valence-electron chi connectivity index (χ0n) is 15.3. The molecule has 0 unspecified atom stereocenters. The summed E-state index contributed by atoms with van der Waals surface area (Å²) in [5, 5.41) is 1.14. The van der Waals surface area contributed by atoms with E-state index in [-0.39, 0.29) is 5.82 Å². The maximum atomic E-state index is 13.3. The lowest BCUT2D eigenvalue weighted by Gasteiger charge is -2.18. The van der Waals surface area contributed by atoms with E-state index in [2.05, 4.69) is 13.8 Å². The first-order chi connectivity index (χ1) is 12.9. The Morgan fingerprint density at radius 3 is 2.30 bits per heavy atom. The van der Waals surface area contributed by atoms with Gasteiger partial charge in [-0.1, -0.05) is 43.1 Å². The van der Waals surface area contributed by atoms with Crippen LogP contribution in [0.15, 0.2) is 48.5 Å². The number of nitrogens with zero attached hydrogens (tertiary/aromatic N) is 1. The molecule has 0 aliphatic carbocycles. The summed E-state index contributed by atoms with van der Waals surface area (Å²) in [7, 11) is 0. The van der Waals surface area contributed by atoms with Gasteiger partial charge in [-0.25, -0.2) is 4.39 Å². The Morgan fingerprint density at radius 1 is 1.00 bits per heavy atom. The van der Waals surface area contributed by atoms with Gasteiger partial charge < -0.3 is 5.73 Å². The highest BCUT2D eigenvalue weighted by Gasteiger charge is 2.17. The highest BCUT2D eigenvalue weighted by atomic mass is 35.5. The number of hydrogen-bond acceptors (Lipinski definition) is 2. The van der Waals surface area contributed by atoms with E-state index < -0.39 is 0 Å². The molecule has 0 aliphatic rings. The van der Waals surface area contributed by atoms with Gasteiger partial charge in [0.15, 0.2) is 0 Å². The Kier molecular flexibility index (Phi) is 6.15. The van der Waals surface area contributed by atoms with E-state index in [9.17, 15) is 4.39 Å². The minimum Gasteiger partial charge on any atom is -0.326 e. The molecular formula is C22H21Cl2FN2. The lowest BCUT2D eigenvalue weighted by atomic mass is 9.93. The molecule has 0 aliphatic heterocycles. The number of hydrogen-bond donors (Lipinski definition) is 1. The number of benzene rings is 2. The quantitative estimate of drug-likeness (QED) is 0.527. The molecule has 2 aromatic carbocycles. The SMILES string of the molecule is CC(C)Cc1nc(-c2ccc(F)cc2)cc(-c2ccc(Cl)cc2Cl)c1CN. The Morgan fingerprint density at radius 2 is 1.70 bits per heavy atom. The van der Waals surface area contributed by atoms with Crippen LogP contribution in [0.5, 0.6) is 0 Å². The van der Waals surface area contributed by atoms with Crippen LogP contribution in [-0.4, -0.2) is 4.98 Å². The van der Waals surface area contributed by atoms with Crippen LogP contribution in [0.3, 0.4) is 0 Å². The minimum absolute atomic E-state index is 0.277. The van der Waals surface area contributed by atoms with Crippen LogP contribution in [0.25, 0.3) is 22.4 Å². The minimum atomic E-state index is -0.277. The molecule has 0 fully saturated rings. The molecule has 3 rings (SSSR count). The summed E-state index contributed by atoms with van der Waals surface area (Å²) in [6, 6.07) is 13.7. The molecule has 27 heavy (non-hydrogen) atoms. The van der Waals surface area contributed by atoms with E-state index >= 15 is 0 Å². The van der Waals surface area contributed by atoms with Crippen LogP contribution >= 0.6 is 23.2 Å². The van der Waals surface area contributed by atoms with Gasteiger partial charge in [-0.15, -0.1) is 0 Å². The number of aromatic nitrogens is 1. The summed E-state index contributed by atoms with van der Waals surface area (Å²) >= 11 is 12.5. The van der Waals surface area contributed by atoms with Crippen molar-refractivity contribution in [2.24, 2.45) is 11.7 Å². The fourth-order valence-electron chi connectivity index (χ4n) is 3.12. The molecule has 0 radical (unpaired) electrons. The Hall–Kier alpha value is -1.94. The molecular weight excluding hydrogens is 382 g/mol. The fourth-order valence-corrected chi connectivity index (χ4v) is 3.63. The predicted molar refractivity (Wildman–Crippen MR) is 112 cm³/mol. The van der Waals surface area contributed by atoms with E-state index in [0.717, 1.165) is 40.1 Å². The van der Waals surface area contributed by atoms with Gasteiger partial charge in [-0.05, 0) is 65.9 Å². The fraction of sp³-hybridized carbons (Fsp3) is 0.227. The van der Waals surface area contributed by atoms with Crippen LogP contribution in [0, 0.1) is 11.7 Å². The molecule has 5 heteroatoms. The molecule has 140 valence electrons. The predicted octanol–water partition coefficient (Wildman–Crippen LogP) is 6.52. The van der Waals surface area contributed by atoms with Gasteiger partial charge in [0.05, 0.1) is 5.69 Å². The van der Waals surface area contributed by atoms with E-state index in [0.29, 0.717) is 22.5 Å². The number of pyridine rings is 1. The number of halogens is 3. The molecule has 3 aromatic rings. The summed E-state index contributed by atoms with van der Waals surface area (Å²) < 4.78 is 13.3. The Labute approximate surface area is 169 Å². The lowest BCUT2D eigenvalue weighted by Crippen LogP contribution is -2.10. The second-order valence-electron chi connectivity index (χ2n) is 6.91. The molecule has 1 heterocycles. The number of rotatable bonds is 5. The summed E-state index contributed by atoms with van der Waals surface area (Å²) in [4.78, 5) is 4.85. The standard InChI is InChI=1S/C22H21Cl2FN2/c1-13(2)9-22-19(12-26)18(17-8-5-15(23)10-20(17)24)11-21(27-22)14-3-6-16(25)7-4-14/h3-8,10-11,13H,9,12,26H2,1-2H3. The van der Waals surface area contributed by atoms with Crippen molar-refractivity contribution in [3.63, 3.8) is 0 Å². The molecule has 0 saturated heterocycles. The first-order valence-electron chi connectivity index (χ1n) is 8.83. The third-order valence-electron chi connectivity index (χ3n) is 4.38. The van der Waals surface area contributed by atoms with Crippen LogP contribution in [-0.2, 0) is 13.0 Å². The van der Waals surface area contributed by atoms with Crippen molar-refractivity contribution < 1.29 is 4.39 Å². The van der Waals surface area contributed by atoms with Crippen molar-refractivity contribution in [1.82, 2.24) is 4.98 Å². The first-order valence-corrected chi connectivity index (χ1v) is 9.59. The van der Waals surface area contributed by atoms with Crippen molar-refractivity contribution in [2.45, 2.75) is 26.8 Å². The van der Waals surface area contributed by atoms with E-state index in [4.69, 9.17) is 33.9 Å². The van der Waals surface area contributed by atoms with E-state index in [1.165, 1.54) is 12.1 Å². The van der Waals surface area contributed by atoms with Gasteiger partial charge in [0.1, 0.15) is 5.82 Å². The lowest BCUT2D eigenvalue weighted by molar-refractivity contribution is 0.627. The number of nitrogens with two attached hydrogens (primary N) is 1. The highest BCUT2D eigenvalue weighted by molar-refractivity contribution is 6.36. The van der Waals surface area contributed by atoms with Gasteiger partial charge in [0, 0.05) is 33.4 Å². The van der Waals surface area contributed by atoms with E-state index in [1.807, 2.05) is 18.2 Å². The normalized spacial score (nSPS) is 11.2. The van der Waals surface area contributed by atoms with Gasteiger partial charge >= 0.3 is 0 Å². The molecule has 0 spiro atoms. The van der Waals surface area contributed by atoms with Gasteiger partial charge in [-0.2, -0.15) is 0 Å². The third kappa shape index (κ3) is 4.49. The van der Waals surface area contributed by atoms with Crippen LogP contribution < -0.4 is 5.73 Å². The Balaban J connectivity index is 2.26. The second-order valence-corrected chi connectivity index (χ2v) is 7.76. The summed E-state index contributed by atoms with van der Waals surface area (Å²) in [6.45, 7) is 4.63. The molecule has 0 saturated carbocycles. The maximum Gasteiger partial charge on any atom is 0.123 e. The average molecular weight is 403 g/mol.